The molecular weight excluding hydrogens is 302 g/mol. The SMILES string of the molecule is CC(C)(C)NCC1CCCOC1c1ccc(Br)cc1. The lowest BCUT2D eigenvalue weighted by Gasteiger charge is -2.34. The molecule has 2 unspecified atom stereocenters. The first-order valence-electron chi connectivity index (χ1n) is 7.08. The van der Waals surface area contributed by atoms with Gasteiger partial charge < -0.3 is 10.1 Å². The van der Waals surface area contributed by atoms with Crippen LogP contribution >= 0.6 is 15.9 Å². The molecule has 1 fully saturated rings. The summed E-state index contributed by atoms with van der Waals surface area (Å²) in [5.41, 5.74) is 1.46. The van der Waals surface area contributed by atoms with Crippen molar-refractivity contribution in [2.75, 3.05) is 13.2 Å². The summed E-state index contributed by atoms with van der Waals surface area (Å²) in [4.78, 5) is 0. The van der Waals surface area contributed by atoms with Gasteiger partial charge >= 0.3 is 0 Å². The van der Waals surface area contributed by atoms with Gasteiger partial charge in [0.1, 0.15) is 0 Å². The third kappa shape index (κ3) is 4.59. The molecule has 1 aromatic rings. The smallest absolute Gasteiger partial charge is 0.0865 e. The second kappa shape index (κ2) is 6.38. The van der Waals surface area contributed by atoms with Gasteiger partial charge in [-0.2, -0.15) is 0 Å². The maximum absolute atomic E-state index is 6.03. The van der Waals surface area contributed by atoms with Crippen molar-refractivity contribution in [2.24, 2.45) is 5.92 Å². The number of ether oxygens (including phenoxy) is 1. The first kappa shape index (κ1) is 15.0. The molecule has 2 rings (SSSR count). The Bertz CT molecular complexity index is 396. The fourth-order valence-corrected chi connectivity index (χ4v) is 2.77. The summed E-state index contributed by atoms with van der Waals surface area (Å²) in [5.74, 6) is 0.564. The van der Waals surface area contributed by atoms with Crippen molar-refractivity contribution in [1.82, 2.24) is 5.32 Å². The zero-order valence-corrected chi connectivity index (χ0v) is 13.7. The van der Waals surface area contributed by atoms with Gasteiger partial charge in [0.25, 0.3) is 0 Å². The van der Waals surface area contributed by atoms with E-state index in [1.807, 2.05) is 0 Å². The van der Waals surface area contributed by atoms with Gasteiger partial charge in [0.05, 0.1) is 6.10 Å². The Morgan fingerprint density at radius 1 is 1.26 bits per heavy atom. The summed E-state index contributed by atoms with van der Waals surface area (Å²) < 4.78 is 7.15. The van der Waals surface area contributed by atoms with E-state index in [4.69, 9.17) is 4.74 Å². The number of nitrogens with one attached hydrogen (secondary N) is 1. The van der Waals surface area contributed by atoms with Crippen molar-refractivity contribution in [1.29, 1.82) is 0 Å². The molecule has 1 N–H and O–H groups in total. The highest BCUT2D eigenvalue weighted by atomic mass is 79.9. The molecule has 1 aromatic carbocycles. The van der Waals surface area contributed by atoms with Crippen molar-refractivity contribution < 1.29 is 4.74 Å². The predicted molar refractivity (Wildman–Crippen MR) is 83.3 cm³/mol. The number of halogens is 1. The van der Waals surface area contributed by atoms with Crippen LogP contribution in [0.4, 0.5) is 0 Å². The molecule has 1 heterocycles. The Morgan fingerprint density at radius 3 is 2.58 bits per heavy atom. The minimum absolute atomic E-state index is 0.168. The molecule has 3 heteroatoms. The van der Waals surface area contributed by atoms with Crippen LogP contribution in [0.3, 0.4) is 0 Å². The normalized spacial score (nSPS) is 24.4. The van der Waals surface area contributed by atoms with E-state index in [1.54, 1.807) is 0 Å². The molecule has 2 atom stereocenters. The quantitative estimate of drug-likeness (QED) is 0.894. The van der Waals surface area contributed by atoms with E-state index in [-0.39, 0.29) is 11.6 Å². The van der Waals surface area contributed by atoms with E-state index in [2.05, 4.69) is 66.3 Å². The van der Waals surface area contributed by atoms with E-state index in [0.29, 0.717) is 5.92 Å². The monoisotopic (exact) mass is 325 g/mol. The van der Waals surface area contributed by atoms with Gasteiger partial charge in [-0.3, -0.25) is 0 Å². The highest BCUT2D eigenvalue weighted by Gasteiger charge is 2.28. The zero-order chi connectivity index (χ0) is 13.9. The average Bonchev–Trinajstić information content (AvgIpc) is 2.37. The molecule has 0 amide bonds. The summed E-state index contributed by atoms with van der Waals surface area (Å²) in [6.07, 6.45) is 2.64. The molecule has 0 aliphatic carbocycles. The van der Waals surface area contributed by atoms with Crippen LogP contribution < -0.4 is 5.32 Å². The number of benzene rings is 1. The Balaban J connectivity index is 2.05. The van der Waals surface area contributed by atoms with Crippen molar-refractivity contribution in [3.63, 3.8) is 0 Å². The molecular formula is C16H24BrNO. The number of rotatable bonds is 3. The lowest BCUT2D eigenvalue weighted by molar-refractivity contribution is -0.0292. The average molecular weight is 326 g/mol. The Labute approximate surface area is 125 Å². The molecule has 0 bridgehead atoms. The highest BCUT2D eigenvalue weighted by molar-refractivity contribution is 9.10. The van der Waals surface area contributed by atoms with E-state index in [9.17, 15) is 0 Å². The topological polar surface area (TPSA) is 21.3 Å². The van der Waals surface area contributed by atoms with E-state index < -0.39 is 0 Å². The maximum atomic E-state index is 6.03. The van der Waals surface area contributed by atoms with Crippen LogP contribution in [0.25, 0.3) is 0 Å². The van der Waals surface area contributed by atoms with Gasteiger partial charge in [0.2, 0.25) is 0 Å². The third-order valence-electron chi connectivity index (χ3n) is 3.54. The van der Waals surface area contributed by atoms with Crippen molar-refractivity contribution >= 4 is 15.9 Å². The van der Waals surface area contributed by atoms with Crippen LogP contribution in [-0.2, 0) is 4.74 Å². The second-order valence-corrected chi connectivity index (χ2v) is 7.29. The van der Waals surface area contributed by atoms with Crippen LogP contribution in [0, 0.1) is 5.92 Å². The molecule has 1 aliphatic heterocycles. The van der Waals surface area contributed by atoms with E-state index in [1.165, 1.54) is 18.4 Å². The molecule has 0 radical (unpaired) electrons. The molecule has 2 nitrogen and oxygen atoms in total. The van der Waals surface area contributed by atoms with Crippen LogP contribution in [0.5, 0.6) is 0 Å². The summed E-state index contributed by atoms with van der Waals surface area (Å²) in [7, 11) is 0. The first-order valence-corrected chi connectivity index (χ1v) is 7.87. The van der Waals surface area contributed by atoms with Gasteiger partial charge in [-0.1, -0.05) is 28.1 Å². The van der Waals surface area contributed by atoms with Crippen molar-refractivity contribution in [3.05, 3.63) is 34.3 Å². The molecule has 1 aliphatic rings. The van der Waals surface area contributed by atoms with Gasteiger partial charge in [-0.05, 0) is 51.3 Å². The molecule has 0 spiro atoms. The fraction of sp³-hybridized carbons (Fsp3) is 0.625. The molecule has 19 heavy (non-hydrogen) atoms. The van der Waals surface area contributed by atoms with Crippen molar-refractivity contribution in [3.8, 4) is 0 Å². The summed E-state index contributed by atoms with van der Waals surface area (Å²) >= 11 is 3.49. The van der Waals surface area contributed by atoms with E-state index in [0.717, 1.165) is 17.6 Å². The van der Waals surface area contributed by atoms with Gasteiger partial charge in [0.15, 0.2) is 0 Å². The summed E-state index contributed by atoms with van der Waals surface area (Å²) in [6, 6.07) is 8.54. The number of hydrogen-bond acceptors (Lipinski definition) is 2. The highest BCUT2D eigenvalue weighted by Crippen LogP contribution is 2.34. The van der Waals surface area contributed by atoms with Crippen LogP contribution in [-0.4, -0.2) is 18.7 Å². The fourth-order valence-electron chi connectivity index (χ4n) is 2.51. The van der Waals surface area contributed by atoms with Gasteiger partial charge in [-0.15, -0.1) is 0 Å². The zero-order valence-electron chi connectivity index (χ0n) is 12.1. The molecule has 1 saturated heterocycles. The van der Waals surface area contributed by atoms with Crippen LogP contribution in [0.2, 0.25) is 0 Å². The van der Waals surface area contributed by atoms with Crippen molar-refractivity contribution in [2.45, 2.75) is 45.3 Å². The van der Waals surface area contributed by atoms with Crippen LogP contribution in [0.1, 0.15) is 45.3 Å². The van der Waals surface area contributed by atoms with E-state index >= 15 is 0 Å². The standard InChI is InChI=1S/C16H24BrNO/c1-16(2,3)18-11-13-5-4-10-19-15(13)12-6-8-14(17)9-7-12/h6-9,13,15,18H,4-5,10-11H2,1-3H3. The van der Waals surface area contributed by atoms with Gasteiger partial charge in [-0.25, -0.2) is 0 Å². The minimum atomic E-state index is 0.168. The molecule has 0 saturated carbocycles. The molecule has 106 valence electrons. The summed E-state index contributed by atoms with van der Waals surface area (Å²) in [6.45, 7) is 8.54. The lowest BCUT2D eigenvalue weighted by atomic mass is 9.89. The summed E-state index contributed by atoms with van der Waals surface area (Å²) in [5, 5.41) is 3.61. The largest absolute Gasteiger partial charge is 0.373 e. The minimum Gasteiger partial charge on any atom is -0.373 e. The van der Waals surface area contributed by atoms with Crippen LogP contribution in [0.15, 0.2) is 28.7 Å². The first-order chi connectivity index (χ1) is 8.96. The predicted octanol–water partition coefficient (Wildman–Crippen LogP) is 4.30. The Hall–Kier alpha value is -0.380. The number of hydrogen-bond donors (Lipinski definition) is 1. The second-order valence-electron chi connectivity index (χ2n) is 6.38. The molecule has 0 aromatic heterocycles. The Kier molecular flexibility index (Phi) is 5.04. The third-order valence-corrected chi connectivity index (χ3v) is 4.07. The lowest BCUT2D eigenvalue weighted by Crippen LogP contribution is -2.41. The maximum Gasteiger partial charge on any atom is 0.0865 e. The van der Waals surface area contributed by atoms with Gasteiger partial charge in [0, 0.05) is 29.1 Å². The Morgan fingerprint density at radius 2 is 1.95 bits per heavy atom.